The molecule has 19 heteroatoms. The summed E-state index contributed by atoms with van der Waals surface area (Å²) in [5, 5.41) is 5.68. The fraction of sp³-hybridized carbons (Fsp3) is 0.600. The largest absolute Gasteiger partial charge is 1.00 e. The molecule has 1 aromatic carbocycles. The zero-order valence-electron chi connectivity index (χ0n) is 37.1. The third-order valence-electron chi connectivity index (χ3n) is 13.0. The van der Waals surface area contributed by atoms with Crippen molar-refractivity contribution in [2.45, 2.75) is 133 Å². The number of nitrogens with zero attached hydrogens (tertiary/aromatic N) is 5. The summed E-state index contributed by atoms with van der Waals surface area (Å²) in [4.78, 5) is 69.5. The van der Waals surface area contributed by atoms with E-state index in [1.807, 2.05) is 36.6 Å². The van der Waals surface area contributed by atoms with Crippen LogP contribution in [0, 0.1) is 18.8 Å². The number of alkyl halides is 2. The van der Waals surface area contributed by atoms with Crippen LogP contribution in [0.1, 0.15) is 107 Å². The SMILES string of the molecule is COc1ccc2c(O[C@@H]3C[C@H]4C(=O)N[C@]5(C(=O)[N-]S(=O)(=O)C6CC6)C[C@H]5/C=C\CCCCC[C@H](CC(=O)N5CCCC(F)(F)C5)C(=O)N4C3)cc(-c3csc(C(C)C)n3)nc2c1C.[Na+]. The number of hydrogen-bond acceptors (Lipinski definition) is 11. The molecule has 64 heavy (non-hydrogen) atoms. The molecule has 0 bridgehead atoms. The van der Waals surface area contributed by atoms with E-state index < -0.39 is 80.9 Å². The van der Waals surface area contributed by atoms with E-state index in [9.17, 15) is 36.4 Å². The van der Waals surface area contributed by atoms with Crippen molar-refractivity contribution < 1.29 is 75.4 Å². The van der Waals surface area contributed by atoms with E-state index in [-0.39, 0.29) is 80.7 Å². The van der Waals surface area contributed by atoms with Gasteiger partial charge in [0.15, 0.2) is 0 Å². The fourth-order valence-corrected chi connectivity index (χ4v) is 11.2. The number of benzene rings is 1. The molecule has 0 unspecified atom stereocenters. The summed E-state index contributed by atoms with van der Waals surface area (Å²) in [6, 6.07) is 4.24. The van der Waals surface area contributed by atoms with Crippen LogP contribution in [0.3, 0.4) is 0 Å². The van der Waals surface area contributed by atoms with Crippen molar-refractivity contribution in [2.24, 2.45) is 11.8 Å². The molecule has 0 radical (unpaired) electrons. The van der Waals surface area contributed by atoms with Crippen LogP contribution in [0.25, 0.3) is 27.0 Å². The smallest absolute Gasteiger partial charge is 0.544 e. The summed E-state index contributed by atoms with van der Waals surface area (Å²) >= 11 is 1.52. The van der Waals surface area contributed by atoms with Gasteiger partial charge in [-0.05, 0) is 64.0 Å². The first-order valence-electron chi connectivity index (χ1n) is 22.1. The molecule has 5 heterocycles. The predicted molar refractivity (Wildman–Crippen MR) is 233 cm³/mol. The summed E-state index contributed by atoms with van der Waals surface area (Å²) in [5.74, 6) is -5.88. The zero-order valence-corrected chi connectivity index (χ0v) is 40.7. The van der Waals surface area contributed by atoms with Crippen molar-refractivity contribution in [1.29, 1.82) is 0 Å². The average molecular weight is 933 g/mol. The molecule has 8 rings (SSSR count). The Kier molecular flexibility index (Phi) is 14.5. The summed E-state index contributed by atoms with van der Waals surface area (Å²) in [6.07, 6.45) is 6.40. The Morgan fingerprint density at radius 1 is 1.06 bits per heavy atom. The number of halogens is 2. The van der Waals surface area contributed by atoms with Crippen molar-refractivity contribution in [3.63, 3.8) is 0 Å². The number of nitrogens with one attached hydrogen (secondary N) is 1. The van der Waals surface area contributed by atoms with Crippen molar-refractivity contribution >= 4 is 55.9 Å². The number of thiazole rings is 1. The molecule has 2 aromatic heterocycles. The van der Waals surface area contributed by atoms with E-state index in [0.29, 0.717) is 72.3 Å². The van der Waals surface area contributed by atoms with Gasteiger partial charge in [0.25, 0.3) is 5.92 Å². The Morgan fingerprint density at radius 2 is 1.84 bits per heavy atom. The van der Waals surface area contributed by atoms with E-state index in [1.165, 1.54) is 16.2 Å². The maximum absolute atomic E-state index is 14.9. The van der Waals surface area contributed by atoms with Crippen LogP contribution < -0.4 is 44.3 Å². The van der Waals surface area contributed by atoms with Gasteiger partial charge in [-0.3, -0.25) is 14.4 Å². The minimum absolute atomic E-state index is 0. The normalized spacial score (nSPS) is 26.7. The van der Waals surface area contributed by atoms with Crippen molar-refractivity contribution in [3.05, 3.63) is 51.0 Å². The summed E-state index contributed by atoms with van der Waals surface area (Å²) in [6.45, 7) is 5.39. The molecule has 2 saturated carbocycles. The van der Waals surface area contributed by atoms with E-state index in [2.05, 4.69) is 23.9 Å². The molecule has 5 atom stereocenters. The Balaban J connectivity index is 0.00000612. The molecular formula is C45H55F2N6NaO8S2. The van der Waals surface area contributed by atoms with Gasteiger partial charge in [-0.25, -0.2) is 27.2 Å². The van der Waals surface area contributed by atoms with Gasteiger partial charge in [-0.2, -0.15) is 0 Å². The number of carbonyl (C=O) groups excluding carboxylic acids is 4. The first kappa shape index (κ1) is 48.2. The number of fused-ring (bicyclic) bond motifs is 3. The van der Waals surface area contributed by atoms with Gasteiger partial charge in [0.2, 0.25) is 17.7 Å². The molecule has 1 N–H and O–H groups in total. The van der Waals surface area contributed by atoms with Crippen molar-refractivity contribution in [2.75, 3.05) is 26.7 Å². The Hall–Kier alpha value is -3.71. The standard InChI is InChI=1S/C45H56F2N6O8S2.Na/c1-26(2)41-49-34(24-62-41)33-21-37(32-15-16-36(60-4)27(3)39(32)48-33)61-30-20-35-40(55)50-45(43(57)51-63(58,59)31-13-14-31)22-29(45)12-9-7-5-6-8-11-28(42(56)53(35)23-30)19-38(54)52-18-10-17-44(46,47)25-52;/h9,12,15-16,21,24,26,28-31,35H,5-8,10-11,13-14,17-20,22-23,25H2,1-4H3,(H2,50,51,55,57);/q;+1/p-1/b12-9-;/t28-,29-,30-,35+,45-;/m1./s1. The number of piperidine rings is 1. The molecular weight excluding hydrogens is 878 g/mol. The minimum Gasteiger partial charge on any atom is -0.544 e. The van der Waals surface area contributed by atoms with E-state index in [1.54, 1.807) is 13.2 Å². The second-order valence-corrected chi connectivity index (χ2v) is 20.9. The number of methoxy groups -OCH3 is 1. The number of sulfonamides is 1. The van der Waals surface area contributed by atoms with Crippen LogP contribution in [0.15, 0.2) is 35.7 Å². The summed E-state index contributed by atoms with van der Waals surface area (Å²) in [5.41, 5.74) is 0.974. The molecule has 4 fully saturated rings. The van der Waals surface area contributed by atoms with E-state index in [4.69, 9.17) is 19.4 Å². The molecule has 340 valence electrons. The van der Waals surface area contributed by atoms with E-state index >= 15 is 0 Å². The number of hydrogen-bond donors (Lipinski definition) is 1. The third kappa shape index (κ3) is 10.3. The second kappa shape index (κ2) is 19.3. The molecule has 4 amide bonds. The molecule has 2 aliphatic carbocycles. The van der Waals surface area contributed by atoms with Gasteiger partial charge < -0.3 is 34.1 Å². The van der Waals surface area contributed by atoms with Crippen LogP contribution >= 0.6 is 11.3 Å². The van der Waals surface area contributed by atoms with Crippen LogP contribution in [-0.2, 0) is 29.2 Å². The Bertz CT molecular complexity index is 2430. The molecule has 3 aliphatic heterocycles. The summed E-state index contributed by atoms with van der Waals surface area (Å²) in [7, 11) is -2.50. The third-order valence-corrected chi connectivity index (χ3v) is 15.9. The van der Waals surface area contributed by atoms with E-state index in [0.717, 1.165) is 21.9 Å². The number of likely N-dealkylation sites (tertiary alicyclic amines) is 1. The topological polar surface area (TPSA) is 179 Å². The van der Waals surface area contributed by atoms with Crippen LogP contribution in [0.4, 0.5) is 8.78 Å². The van der Waals surface area contributed by atoms with Gasteiger partial charge in [0.1, 0.15) is 23.6 Å². The number of pyridine rings is 1. The number of carbonyl (C=O) groups is 4. The first-order chi connectivity index (χ1) is 30.0. The number of allylic oxidation sites excluding steroid dienone is 1. The maximum atomic E-state index is 14.9. The quantitative estimate of drug-likeness (QED) is 0.229. The monoisotopic (exact) mass is 932 g/mol. The van der Waals surface area contributed by atoms with Crippen LogP contribution in [0.5, 0.6) is 11.5 Å². The van der Waals surface area contributed by atoms with Gasteiger partial charge in [0.05, 0.1) is 63.6 Å². The molecule has 2 saturated heterocycles. The average Bonchev–Trinajstić information content (AvgIpc) is 4.11. The molecule has 3 aromatic rings. The minimum atomic E-state index is -4.07. The number of aryl methyl sites for hydroxylation is 1. The zero-order chi connectivity index (χ0) is 44.8. The maximum Gasteiger partial charge on any atom is 1.00 e. The van der Waals surface area contributed by atoms with Crippen molar-refractivity contribution in [1.82, 2.24) is 25.1 Å². The van der Waals surface area contributed by atoms with Crippen LogP contribution in [0.2, 0.25) is 0 Å². The fourth-order valence-electron chi connectivity index (χ4n) is 9.11. The Labute approximate surface area is 399 Å². The number of ether oxygens (including phenoxy) is 2. The molecule has 14 nitrogen and oxygen atoms in total. The number of rotatable bonds is 10. The molecule has 5 aliphatic rings. The number of amides is 4. The van der Waals surface area contributed by atoms with Gasteiger partial charge in [-0.1, -0.05) is 38.8 Å². The number of aromatic nitrogens is 2. The van der Waals surface area contributed by atoms with Gasteiger partial charge >= 0.3 is 29.6 Å². The summed E-state index contributed by atoms with van der Waals surface area (Å²) < 4.78 is 70.9. The Morgan fingerprint density at radius 3 is 2.55 bits per heavy atom. The predicted octanol–water partition coefficient (Wildman–Crippen LogP) is 4.20. The van der Waals surface area contributed by atoms with Crippen molar-refractivity contribution in [3.8, 4) is 22.9 Å². The van der Waals surface area contributed by atoms with Crippen LogP contribution in [-0.4, -0.2) is 107 Å². The van der Waals surface area contributed by atoms with Gasteiger partial charge in [0, 0.05) is 71.2 Å². The van der Waals surface area contributed by atoms with Gasteiger partial charge in [-0.15, -0.1) is 11.3 Å². The second-order valence-electron chi connectivity index (χ2n) is 18.1. The molecule has 0 spiro atoms. The first-order valence-corrected chi connectivity index (χ1v) is 24.4.